The average Bonchev–Trinajstić information content (AvgIpc) is 2.94. The lowest BCUT2D eigenvalue weighted by Crippen LogP contribution is -2.29. The molecular formula is C31H39NO5. The number of rotatable bonds is 12. The van der Waals surface area contributed by atoms with E-state index >= 15 is 0 Å². The van der Waals surface area contributed by atoms with Gasteiger partial charge in [0.05, 0.1) is 21.3 Å². The normalized spacial score (nSPS) is 13.7. The van der Waals surface area contributed by atoms with Crippen molar-refractivity contribution in [1.29, 1.82) is 0 Å². The van der Waals surface area contributed by atoms with Gasteiger partial charge in [-0.1, -0.05) is 38.0 Å². The topological polar surface area (TPSA) is 49.4 Å². The van der Waals surface area contributed by atoms with Crippen molar-refractivity contribution in [2.75, 3.05) is 34.4 Å². The van der Waals surface area contributed by atoms with Crippen LogP contribution in [0.5, 0.6) is 34.5 Å². The SMILES string of the molecule is CCCc1cc(OC)c(OCc2ccc(OC)cc2)c(Oc2ccc(CN3CCCCC3)cc2OC)c1. The third-order valence-electron chi connectivity index (χ3n) is 6.68. The third kappa shape index (κ3) is 7.10. The largest absolute Gasteiger partial charge is 0.497 e. The lowest BCUT2D eigenvalue weighted by Gasteiger charge is -2.26. The molecule has 4 rings (SSSR count). The zero-order valence-electron chi connectivity index (χ0n) is 22.5. The molecule has 0 bridgehead atoms. The molecule has 0 aliphatic carbocycles. The van der Waals surface area contributed by atoms with Crippen molar-refractivity contribution in [3.63, 3.8) is 0 Å². The summed E-state index contributed by atoms with van der Waals surface area (Å²) in [7, 11) is 5.00. The average molecular weight is 506 g/mol. The molecule has 1 aliphatic heterocycles. The van der Waals surface area contributed by atoms with Gasteiger partial charge < -0.3 is 23.7 Å². The molecule has 0 saturated carbocycles. The number of aryl methyl sites for hydroxylation is 1. The Hall–Kier alpha value is -3.38. The monoisotopic (exact) mass is 505 g/mol. The number of ether oxygens (including phenoxy) is 5. The zero-order valence-corrected chi connectivity index (χ0v) is 22.5. The Kier molecular flexibility index (Phi) is 9.55. The van der Waals surface area contributed by atoms with E-state index in [0.717, 1.165) is 49.4 Å². The Labute approximate surface area is 221 Å². The van der Waals surface area contributed by atoms with Crippen molar-refractivity contribution >= 4 is 0 Å². The lowest BCUT2D eigenvalue weighted by molar-refractivity contribution is 0.220. The van der Waals surface area contributed by atoms with Crippen molar-refractivity contribution in [3.8, 4) is 34.5 Å². The minimum absolute atomic E-state index is 0.371. The Bertz CT molecular complexity index is 1140. The highest BCUT2D eigenvalue weighted by molar-refractivity contribution is 5.57. The van der Waals surface area contributed by atoms with E-state index in [-0.39, 0.29) is 0 Å². The fourth-order valence-electron chi connectivity index (χ4n) is 4.70. The first-order valence-corrected chi connectivity index (χ1v) is 13.2. The maximum absolute atomic E-state index is 6.47. The summed E-state index contributed by atoms with van der Waals surface area (Å²) in [5.41, 5.74) is 3.37. The predicted octanol–water partition coefficient (Wildman–Crippen LogP) is 7.02. The third-order valence-corrected chi connectivity index (χ3v) is 6.68. The van der Waals surface area contributed by atoms with E-state index in [1.807, 2.05) is 42.5 Å². The first-order chi connectivity index (χ1) is 18.1. The summed E-state index contributed by atoms with van der Waals surface area (Å²) in [6.45, 7) is 5.76. The Morgan fingerprint density at radius 3 is 2.03 bits per heavy atom. The number of likely N-dealkylation sites (tertiary alicyclic amines) is 1. The van der Waals surface area contributed by atoms with Gasteiger partial charge in [0.25, 0.3) is 0 Å². The molecule has 0 unspecified atom stereocenters. The van der Waals surface area contributed by atoms with E-state index in [9.17, 15) is 0 Å². The fourth-order valence-corrected chi connectivity index (χ4v) is 4.70. The molecule has 1 saturated heterocycles. The molecule has 1 heterocycles. The van der Waals surface area contributed by atoms with Gasteiger partial charge in [-0.05, 0) is 85.4 Å². The van der Waals surface area contributed by atoms with E-state index in [4.69, 9.17) is 23.7 Å². The van der Waals surface area contributed by atoms with Crippen LogP contribution in [0.2, 0.25) is 0 Å². The molecule has 3 aromatic carbocycles. The van der Waals surface area contributed by atoms with Crippen molar-refractivity contribution in [2.45, 2.75) is 52.2 Å². The molecule has 0 N–H and O–H groups in total. The van der Waals surface area contributed by atoms with E-state index in [2.05, 4.69) is 24.0 Å². The summed E-state index contributed by atoms with van der Waals surface area (Å²) in [4.78, 5) is 2.50. The van der Waals surface area contributed by atoms with Crippen LogP contribution in [-0.2, 0) is 19.6 Å². The number of benzene rings is 3. The Balaban J connectivity index is 1.59. The first-order valence-electron chi connectivity index (χ1n) is 13.2. The zero-order chi connectivity index (χ0) is 26.0. The maximum atomic E-state index is 6.47. The number of hydrogen-bond acceptors (Lipinski definition) is 6. The predicted molar refractivity (Wildman–Crippen MR) is 147 cm³/mol. The fraction of sp³-hybridized carbons (Fsp3) is 0.419. The van der Waals surface area contributed by atoms with E-state index in [1.54, 1.807) is 21.3 Å². The second-order valence-electron chi connectivity index (χ2n) is 9.44. The van der Waals surface area contributed by atoms with Crippen LogP contribution in [0, 0.1) is 0 Å². The second kappa shape index (κ2) is 13.2. The molecule has 6 heteroatoms. The highest BCUT2D eigenvalue weighted by atomic mass is 16.5. The van der Waals surface area contributed by atoms with Gasteiger partial charge in [-0.25, -0.2) is 0 Å². The molecule has 3 aromatic rings. The Morgan fingerprint density at radius 1 is 0.676 bits per heavy atom. The highest BCUT2D eigenvalue weighted by Crippen LogP contribution is 2.44. The van der Waals surface area contributed by atoms with Gasteiger partial charge in [0.15, 0.2) is 23.0 Å². The smallest absolute Gasteiger partial charge is 0.204 e. The van der Waals surface area contributed by atoms with Crippen LogP contribution in [-0.4, -0.2) is 39.3 Å². The van der Waals surface area contributed by atoms with Crippen LogP contribution in [0.15, 0.2) is 54.6 Å². The van der Waals surface area contributed by atoms with Crippen LogP contribution >= 0.6 is 0 Å². The van der Waals surface area contributed by atoms with Crippen molar-refractivity contribution in [1.82, 2.24) is 4.90 Å². The van der Waals surface area contributed by atoms with E-state index in [0.29, 0.717) is 35.4 Å². The molecule has 0 atom stereocenters. The first kappa shape index (κ1) is 26.7. The van der Waals surface area contributed by atoms with Crippen molar-refractivity contribution in [2.24, 2.45) is 0 Å². The van der Waals surface area contributed by atoms with Crippen molar-refractivity contribution < 1.29 is 23.7 Å². The summed E-state index contributed by atoms with van der Waals surface area (Å²) < 4.78 is 29.5. The number of methoxy groups -OCH3 is 3. The number of nitrogens with zero attached hydrogens (tertiary/aromatic N) is 1. The summed E-state index contributed by atoms with van der Waals surface area (Å²) in [5, 5.41) is 0. The molecule has 37 heavy (non-hydrogen) atoms. The van der Waals surface area contributed by atoms with Gasteiger partial charge in [0.2, 0.25) is 5.75 Å². The van der Waals surface area contributed by atoms with Gasteiger partial charge in [-0.2, -0.15) is 0 Å². The number of hydrogen-bond donors (Lipinski definition) is 0. The lowest BCUT2D eigenvalue weighted by atomic mass is 10.1. The molecule has 0 amide bonds. The maximum Gasteiger partial charge on any atom is 0.204 e. The quantitative estimate of drug-likeness (QED) is 0.264. The van der Waals surface area contributed by atoms with Gasteiger partial charge in [-0.3, -0.25) is 4.90 Å². The van der Waals surface area contributed by atoms with E-state index in [1.165, 1.54) is 24.8 Å². The summed E-state index contributed by atoms with van der Waals surface area (Å²) in [6, 6.07) is 18.1. The van der Waals surface area contributed by atoms with Gasteiger partial charge >= 0.3 is 0 Å². The van der Waals surface area contributed by atoms with Crippen LogP contribution in [0.3, 0.4) is 0 Å². The molecule has 0 radical (unpaired) electrons. The minimum Gasteiger partial charge on any atom is -0.497 e. The summed E-state index contributed by atoms with van der Waals surface area (Å²) >= 11 is 0. The molecule has 1 aliphatic rings. The minimum atomic E-state index is 0.371. The Morgan fingerprint density at radius 2 is 1.35 bits per heavy atom. The van der Waals surface area contributed by atoms with Crippen molar-refractivity contribution in [3.05, 3.63) is 71.3 Å². The molecule has 0 aromatic heterocycles. The molecular weight excluding hydrogens is 466 g/mol. The van der Waals surface area contributed by atoms with E-state index < -0.39 is 0 Å². The molecule has 1 fully saturated rings. The standard InChI is InChI=1S/C31H39NO5/c1-5-9-24-18-29(35-4)31(36-22-23-10-13-26(33-2)14-11-23)30(19-24)37-27-15-12-25(20-28(27)34-3)21-32-16-7-6-8-17-32/h10-15,18-20H,5-9,16-17,21-22H2,1-4H3. The number of piperidine rings is 1. The van der Waals surface area contributed by atoms with Crippen LogP contribution in [0.4, 0.5) is 0 Å². The molecule has 6 nitrogen and oxygen atoms in total. The second-order valence-corrected chi connectivity index (χ2v) is 9.44. The van der Waals surface area contributed by atoms with Gasteiger partial charge in [-0.15, -0.1) is 0 Å². The van der Waals surface area contributed by atoms with Crippen LogP contribution in [0.25, 0.3) is 0 Å². The van der Waals surface area contributed by atoms with Gasteiger partial charge in [0.1, 0.15) is 12.4 Å². The summed E-state index contributed by atoms with van der Waals surface area (Å²) in [6.07, 6.45) is 5.80. The molecule has 0 spiro atoms. The summed E-state index contributed by atoms with van der Waals surface area (Å²) in [5.74, 6) is 3.99. The van der Waals surface area contributed by atoms with Crippen LogP contribution in [0.1, 0.15) is 49.3 Å². The molecule has 198 valence electrons. The highest BCUT2D eigenvalue weighted by Gasteiger charge is 2.19. The van der Waals surface area contributed by atoms with Crippen LogP contribution < -0.4 is 23.7 Å². The van der Waals surface area contributed by atoms with Gasteiger partial charge in [0, 0.05) is 6.54 Å².